The topological polar surface area (TPSA) is 94.5 Å². The number of ether oxygens (including phenoxy) is 4. The van der Waals surface area contributed by atoms with Crippen molar-refractivity contribution in [3.63, 3.8) is 0 Å². The predicted molar refractivity (Wildman–Crippen MR) is 102 cm³/mol. The minimum atomic E-state index is -1.65. The molecule has 4 rings (SSSR count). The van der Waals surface area contributed by atoms with Crippen LogP contribution in [-0.2, 0) is 16.9 Å². The summed E-state index contributed by atoms with van der Waals surface area (Å²) >= 11 is 0. The number of carbonyl (C=O) groups excluding carboxylic acids is 2. The van der Waals surface area contributed by atoms with E-state index in [4.69, 9.17) is 18.9 Å². The number of phenols is 1. The van der Waals surface area contributed by atoms with Crippen molar-refractivity contribution in [3.05, 3.63) is 46.5 Å². The van der Waals surface area contributed by atoms with Crippen molar-refractivity contribution in [1.82, 2.24) is 4.90 Å². The molecule has 29 heavy (non-hydrogen) atoms. The van der Waals surface area contributed by atoms with Crippen LogP contribution in [0.5, 0.6) is 23.0 Å². The minimum Gasteiger partial charge on any atom is -0.504 e. The summed E-state index contributed by atoms with van der Waals surface area (Å²) in [4.78, 5) is 28.3. The molecule has 1 atom stereocenters. The maximum atomic E-state index is 13.7. The van der Waals surface area contributed by atoms with Crippen molar-refractivity contribution in [2.45, 2.75) is 12.1 Å². The fraction of sp³-hybridized carbons (Fsp3) is 0.333. The highest BCUT2D eigenvalue weighted by Crippen LogP contribution is 2.48. The van der Waals surface area contributed by atoms with E-state index in [0.717, 1.165) is 5.56 Å². The van der Waals surface area contributed by atoms with E-state index in [0.29, 0.717) is 30.0 Å². The first-order chi connectivity index (χ1) is 13.9. The Bertz CT molecular complexity index is 1030. The molecule has 0 radical (unpaired) electrons. The fourth-order valence-electron chi connectivity index (χ4n) is 4.07. The lowest BCUT2D eigenvalue weighted by molar-refractivity contribution is -0.0954. The summed E-state index contributed by atoms with van der Waals surface area (Å²) in [5.74, 6) is -0.611. The predicted octanol–water partition coefficient (Wildman–Crippen LogP) is 2.11. The number of Topliss-reactive ketones (excluding diaryl/α,β-unsaturated/α-hetero) is 1. The van der Waals surface area contributed by atoms with Crippen LogP contribution in [0.4, 0.5) is 0 Å². The van der Waals surface area contributed by atoms with Crippen LogP contribution >= 0.6 is 0 Å². The van der Waals surface area contributed by atoms with E-state index in [1.807, 2.05) is 0 Å². The average molecular weight is 399 g/mol. The van der Waals surface area contributed by atoms with Crippen LogP contribution in [-0.4, -0.2) is 56.7 Å². The Balaban J connectivity index is 1.97. The Kier molecular flexibility index (Phi) is 4.38. The van der Waals surface area contributed by atoms with Gasteiger partial charge in [0.25, 0.3) is 5.72 Å². The molecule has 2 heterocycles. The van der Waals surface area contributed by atoms with Crippen molar-refractivity contribution in [3.8, 4) is 23.0 Å². The van der Waals surface area contributed by atoms with Gasteiger partial charge >= 0.3 is 5.97 Å². The summed E-state index contributed by atoms with van der Waals surface area (Å²) in [5, 5.41) is 10.4. The zero-order valence-corrected chi connectivity index (χ0v) is 16.6. The number of phenolic OH excluding ortho intramolecular Hbond substituents is 1. The van der Waals surface area contributed by atoms with Crippen molar-refractivity contribution >= 4 is 11.8 Å². The Morgan fingerprint density at radius 3 is 2.34 bits per heavy atom. The van der Waals surface area contributed by atoms with Crippen LogP contribution in [0.2, 0.25) is 0 Å². The van der Waals surface area contributed by atoms with Crippen molar-refractivity contribution in [2.24, 2.45) is 0 Å². The van der Waals surface area contributed by atoms with Crippen LogP contribution in [0.1, 0.15) is 31.8 Å². The van der Waals surface area contributed by atoms with Gasteiger partial charge in [0, 0.05) is 17.7 Å². The van der Waals surface area contributed by atoms with Crippen molar-refractivity contribution in [1.29, 1.82) is 0 Å². The van der Waals surface area contributed by atoms with Crippen LogP contribution in [0, 0.1) is 0 Å². The van der Waals surface area contributed by atoms with Gasteiger partial charge in [0.1, 0.15) is 5.56 Å². The summed E-state index contributed by atoms with van der Waals surface area (Å²) in [7, 11) is 6.12. The molecule has 1 N–H and O–H groups in total. The second kappa shape index (κ2) is 6.66. The SMILES string of the molecule is COc1cc2c(cc1OC)[C@]1(OC(=O)c3c(ccc(OC)c3O)C1=O)N(C)CC2. The maximum absolute atomic E-state index is 13.7. The number of ketones is 1. The third-order valence-corrected chi connectivity index (χ3v) is 5.59. The molecular formula is C21H21NO7. The highest BCUT2D eigenvalue weighted by molar-refractivity contribution is 6.16. The smallest absolute Gasteiger partial charge is 0.345 e. The number of fused-ring (bicyclic) bond motifs is 3. The van der Waals surface area contributed by atoms with E-state index >= 15 is 0 Å². The molecule has 2 aromatic rings. The number of rotatable bonds is 3. The lowest BCUT2D eigenvalue weighted by atomic mass is 9.81. The quantitative estimate of drug-likeness (QED) is 0.785. The van der Waals surface area contributed by atoms with E-state index in [9.17, 15) is 14.7 Å². The molecule has 0 aliphatic carbocycles. The minimum absolute atomic E-state index is 0.0778. The fourth-order valence-corrected chi connectivity index (χ4v) is 4.07. The third-order valence-electron chi connectivity index (χ3n) is 5.59. The number of benzene rings is 2. The molecule has 0 fully saturated rings. The standard InChI is InChI=1S/C21H21NO7/c1-22-8-7-11-9-15(27-3)16(28-4)10-13(11)21(22)19(24)12-5-6-14(26-2)18(23)17(12)20(25)29-21/h5-6,9-10,23H,7-8H2,1-4H3/t21-/m1/s1. The Labute approximate surface area is 167 Å². The number of methoxy groups -OCH3 is 3. The number of nitrogens with zero attached hydrogens (tertiary/aromatic N) is 1. The highest BCUT2D eigenvalue weighted by atomic mass is 16.6. The molecule has 0 bridgehead atoms. The normalized spacial score (nSPS) is 20.7. The molecule has 0 saturated heterocycles. The van der Waals surface area contributed by atoms with Gasteiger partial charge in [-0.2, -0.15) is 0 Å². The van der Waals surface area contributed by atoms with Gasteiger partial charge in [-0.1, -0.05) is 0 Å². The second-order valence-electron chi connectivity index (χ2n) is 6.94. The molecule has 0 amide bonds. The Hall–Kier alpha value is -3.26. The lowest BCUT2D eigenvalue weighted by Gasteiger charge is -2.46. The average Bonchev–Trinajstić information content (AvgIpc) is 2.73. The van der Waals surface area contributed by atoms with Crippen LogP contribution in [0.25, 0.3) is 0 Å². The molecule has 8 heteroatoms. The summed E-state index contributed by atoms with van der Waals surface area (Å²) in [6.45, 7) is 0.485. The first-order valence-electron chi connectivity index (χ1n) is 9.03. The molecule has 1 spiro atoms. The van der Waals surface area contributed by atoms with Gasteiger partial charge in [-0.05, 0) is 43.3 Å². The number of likely N-dealkylation sites (N-methyl/N-ethyl adjacent to an activating group) is 1. The Morgan fingerprint density at radius 2 is 1.69 bits per heavy atom. The first kappa shape index (κ1) is 19.1. The molecule has 152 valence electrons. The summed E-state index contributed by atoms with van der Waals surface area (Å²) in [6.07, 6.45) is 0.638. The van der Waals surface area contributed by atoms with Crippen LogP contribution in [0.15, 0.2) is 24.3 Å². The molecule has 0 unspecified atom stereocenters. The largest absolute Gasteiger partial charge is 0.504 e. The van der Waals surface area contributed by atoms with E-state index in [1.165, 1.54) is 33.5 Å². The monoisotopic (exact) mass is 399 g/mol. The molecule has 8 nitrogen and oxygen atoms in total. The van der Waals surface area contributed by atoms with E-state index < -0.39 is 23.2 Å². The molecule has 2 aliphatic heterocycles. The maximum Gasteiger partial charge on any atom is 0.345 e. The first-order valence-corrected chi connectivity index (χ1v) is 9.03. The van der Waals surface area contributed by atoms with Gasteiger partial charge in [0.15, 0.2) is 23.0 Å². The Morgan fingerprint density at radius 1 is 1.03 bits per heavy atom. The van der Waals surface area contributed by atoms with Gasteiger partial charge in [0.05, 0.1) is 21.3 Å². The zero-order chi connectivity index (χ0) is 20.9. The van der Waals surface area contributed by atoms with Gasteiger partial charge < -0.3 is 24.1 Å². The summed E-state index contributed by atoms with van der Waals surface area (Å²) < 4.78 is 21.6. The van der Waals surface area contributed by atoms with Gasteiger partial charge in [-0.25, -0.2) is 4.79 Å². The number of aromatic hydroxyl groups is 1. The molecule has 2 aliphatic rings. The molecular weight excluding hydrogens is 378 g/mol. The molecule has 0 aromatic heterocycles. The van der Waals surface area contributed by atoms with E-state index in [1.54, 1.807) is 24.1 Å². The molecule has 0 saturated carbocycles. The molecule has 2 aromatic carbocycles. The highest BCUT2D eigenvalue weighted by Gasteiger charge is 2.56. The van der Waals surface area contributed by atoms with E-state index in [-0.39, 0.29) is 16.9 Å². The second-order valence-corrected chi connectivity index (χ2v) is 6.94. The third kappa shape index (κ3) is 2.49. The zero-order valence-electron chi connectivity index (χ0n) is 16.6. The number of hydrogen-bond acceptors (Lipinski definition) is 8. The van der Waals surface area contributed by atoms with Crippen LogP contribution in [0.3, 0.4) is 0 Å². The lowest BCUT2D eigenvalue weighted by Crippen LogP contribution is -2.58. The number of esters is 1. The van der Waals surface area contributed by atoms with Gasteiger partial charge in [-0.3, -0.25) is 9.69 Å². The van der Waals surface area contributed by atoms with Gasteiger partial charge in [-0.15, -0.1) is 0 Å². The van der Waals surface area contributed by atoms with Crippen molar-refractivity contribution in [2.75, 3.05) is 34.9 Å². The van der Waals surface area contributed by atoms with Gasteiger partial charge in [0.2, 0.25) is 5.78 Å². The number of carbonyl (C=O) groups is 2. The van der Waals surface area contributed by atoms with Crippen LogP contribution < -0.4 is 14.2 Å². The van der Waals surface area contributed by atoms with E-state index in [2.05, 4.69) is 0 Å². The summed E-state index contributed by atoms with van der Waals surface area (Å²) in [5.41, 5.74) is -0.431. The van der Waals surface area contributed by atoms with Crippen molar-refractivity contribution < 1.29 is 33.6 Å². The number of hydrogen-bond donors (Lipinski definition) is 1. The summed E-state index contributed by atoms with van der Waals surface area (Å²) in [6, 6.07) is 6.40.